The lowest BCUT2D eigenvalue weighted by molar-refractivity contribution is -0.154. The van der Waals surface area contributed by atoms with Crippen molar-refractivity contribution in [2.45, 2.75) is 45.6 Å². The summed E-state index contributed by atoms with van der Waals surface area (Å²) in [5, 5.41) is 7.40. The summed E-state index contributed by atoms with van der Waals surface area (Å²) < 4.78 is 7.84. The van der Waals surface area contributed by atoms with Crippen molar-refractivity contribution in [2.24, 2.45) is 0 Å². The molecule has 6 nitrogen and oxygen atoms in total. The molecule has 0 aliphatic rings. The maximum atomic E-state index is 11.6. The Labute approximate surface area is 138 Å². The molecule has 2 aromatic rings. The van der Waals surface area contributed by atoms with Gasteiger partial charge in [-0.05, 0) is 55.6 Å². The van der Waals surface area contributed by atoms with Gasteiger partial charge in [-0.15, -0.1) is 0 Å². The van der Waals surface area contributed by atoms with E-state index < -0.39 is 5.60 Å². The maximum Gasteiger partial charge on any atom is 0.306 e. The Balaban J connectivity index is 1.72. The van der Waals surface area contributed by atoms with Gasteiger partial charge in [-0.2, -0.15) is 5.10 Å². The van der Waals surface area contributed by atoms with Gasteiger partial charge in [0.25, 0.3) is 0 Å². The second-order valence-corrected chi connectivity index (χ2v) is 6.90. The fraction of sp³-hybridized carbons (Fsp3) is 0.533. The zero-order valence-corrected chi connectivity index (χ0v) is 14.7. The average Bonchev–Trinajstić information content (AvgIpc) is 2.78. The molecule has 120 valence electrons. The molecule has 0 spiro atoms. The van der Waals surface area contributed by atoms with Gasteiger partial charge in [-0.1, -0.05) is 0 Å². The molecular weight excluding hydrogens is 348 g/mol. The number of hydrogen-bond acceptors (Lipinski definition) is 5. The number of aromatic nitrogens is 3. The lowest BCUT2D eigenvalue weighted by atomic mass is 10.2. The molecule has 0 bridgehead atoms. The van der Waals surface area contributed by atoms with Crippen LogP contribution in [0.4, 0.5) is 5.82 Å². The first-order chi connectivity index (χ1) is 10.3. The number of unbranched alkanes of at least 4 members (excludes halogenated alkanes) is 1. The highest BCUT2D eigenvalue weighted by atomic mass is 79.9. The van der Waals surface area contributed by atoms with E-state index in [9.17, 15) is 4.79 Å². The summed E-state index contributed by atoms with van der Waals surface area (Å²) in [6.45, 7) is 6.40. The zero-order valence-electron chi connectivity index (χ0n) is 13.1. The molecule has 0 atom stereocenters. The molecular formula is C15H21BrN4O2. The predicted octanol–water partition coefficient (Wildman–Crippen LogP) is 3.42. The Bertz CT molecular complexity index is 649. The molecule has 2 heterocycles. The first-order valence-electron chi connectivity index (χ1n) is 7.31. The van der Waals surface area contributed by atoms with Crippen LogP contribution in [0.15, 0.2) is 22.9 Å². The lowest BCUT2D eigenvalue weighted by Crippen LogP contribution is -2.23. The Kier molecular flexibility index (Phi) is 5.39. The van der Waals surface area contributed by atoms with Gasteiger partial charge in [0.15, 0.2) is 5.65 Å². The Morgan fingerprint density at radius 3 is 2.91 bits per heavy atom. The summed E-state index contributed by atoms with van der Waals surface area (Å²) in [6, 6.07) is 1.88. The number of carbonyl (C=O) groups is 1. The summed E-state index contributed by atoms with van der Waals surface area (Å²) in [6.07, 6.45) is 5.69. The molecule has 0 aromatic carbocycles. The molecule has 7 heteroatoms. The molecule has 1 N–H and O–H groups in total. The number of nitrogens with zero attached hydrogens (tertiary/aromatic N) is 3. The van der Waals surface area contributed by atoms with Crippen molar-refractivity contribution in [1.82, 2.24) is 14.6 Å². The van der Waals surface area contributed by atoms with Crippen molar-refractivity contribution in [3.05, 3.63) is 22.9 Å². The fourth-order valence-corrected chi connectivity index (χ4v) is 2.30. The molecule has 0 saturated carbocycles. The van der Waals surface area contributed by atoms with Crippen molar-refractivity contribution in [2.75, 3.05) is 11.9 Å². The standard InChI is InChI=1S/C15H21BrN4O2/c1-15(2,3)22-13(21)6-4-5-8-17-12-7-9-20-14(19-12)11(16)10-18-20/h7,9-10H,4-6,8H2,1-3H3,(H,17,19). The number of nitrogens with one attached hydrogen (secondary N) is 1. The van der Waals surface area contributed by atoms with E-state index in [1.165, 1.54) is 0 Å². The van der Waals surface area contributed by atoms with Crippen LogP contribution >= 0.6 is 15.9 Å². The van der Waals surface area contributed by atoms with E-state index in [0.29, 0.717) is 6.42 Å². The SMILES string of the molecule is CC(C)(C)OC(=O)CCCCNc1ccn2ncc(Br)c2n1. The highest BCUT2D eigenvalue weighted by Gasteiger charge is 2.15. The van der Waals surface area contributed by atoms with Crippen LogP contribution in [0.2, 0.25) is 0 Å². The van der Waals surface area contributed by atoms with Gasteiger partial charge in [0.2, 0.25) is 0 Å². The smallest absolute Gasteiger partial charge is 0.306 e. The summed E-state index contributed by atoms with van der Waals surface area (Å²) in [4.78, 5) is 16.0. The van der Waals surface area contributed by atoms with Crippen LogP contribution in [-0.4, -0.2) is 32.7 Å². The topological polar surface area (TPSA) is 68.5 Å². The molecule has 2 rings (SSSR count). The highest BCUT2D eigenvalue weighted by molar-refractivity contribution is 9.10. The van der Waals surface area contributed by atoms with Crippen LogP contribution in [0.3, 0.4) is 0 Å². The van der Waals surface area contributed by atoms with E-state index in [-0.39, 0.29) is 5.97 Å². The van der Waals surface area contributed by atoms with Crippen LogP contribution in [0.1, 0.15) is 40.0 Å². The quantitative estimate of drug-likeness (QED) is 0.624. The van der Waals surface area contributed by atoms with Crippen LogP contribution in [0.25, 0.3) is 5.65 Å². The molecule has 0 amide bonds. The second kappa shape index (κ2) is 7.09. The third-order valence-corrected chi connectivity index (χ3v) is 3.42. The van der Waals surface area contributed by atoms with Gasteiger partial charge < -0.3 is 10.1 Å². The minimum Gasteiger partial charge on any atom is -0.460 e. The van der Waals surface area contributed by atoms with E-state index in [4.69, 9.17) is 4.74 Å². The molecule has 0 saturated heterocycles. The molecule has 0 fully saturated rings. The number of rotatable bonds is 6. The first-order valence-corrected chi connectivity index (χ1v) is 8.10. The molecule has 0 aliphatic heterocycles. The van der Waals surface area contributed by atoms with Crippen molar-refractivity contribution >= 4 is 33.4 Å². The normalized spacial score (nSPS) is 11.6. The number of fused-ring (bicyclic) bond motifs is 1. The monoisotopic (exact) mass is 368 g/mol. The Morgan fingerprint density at radius 1 is 1.41 bits per heavy atom. The number of esters is 1. The lowest BCUT2D eigenvalue weighted by Gasteiger charge is -2.19. The Morgan fingerprint density at radius 2 is 2.18 bits per heavy atom. The summed E-state index contributed by atoms with van der Waals surface area (Å²) in [7, 11) is 0. The van der Waals surface area contributed by atoms with Crippen molar-refractivity contribution in [3.63, 3.8) is 0 Å². The van der Waals surface area contributed by atoms with E-state index >= 15 is 0 Å². The van der Waals surface area contributed by atoms with Crippen molar-refractivity contribution < 1.29 is 9.53 Å². The molecule has 0 aliphatic carbocycles. The predicted molar refractivity (Wildman–Crippen MR) is 88.9 cm³/mol. The Hall–Kier alpha value is -1.63. The average molecular weight is 369 g/mol. The molecule has 0 unspecified atom stereocenters. The second-order valence-electron chi connectivity index (χ2n) is 6.04. The van der Waals surface area contributed by atoms with Crippen LogP contribution in [-0.2, 0) is 9.53 Å². The molecule has 0 radical (unpaired) electrons. The number of carbonyl (C=O) groups excluding carboxylic acids is 1. The van der Waals surface area contributed by atoms with Gasteiger partial charge in [-0.25, -0.2) is 9.50 Å². The summed E-state index contributed by atoms with van der Waals surface area (Å²) in [5.74, 6) is 0.654. The number of hydrogen-bond donors (Lipinski definition) is 1. The minimum absolute atomic E-state index is 0.143. The number of anilines is 1. The zero-order chi connectivity index (χ0) is 16.2. The fourth-order valence-electron chi connectivity index (χ4n) is 1.94. The largest absolute Gasteiger partial charge is 0.460 e. The third-order valence-electron chi connectivity index (χ3n) is 2.86. The highest BCUT2D eigenvalue weighted by Crippen LogP contribution is 2.17. The van der Waals surface area contributed by atoms with Gasteiger partial charge >= 0.3 is 5.97 Å². The summed E-state index contributed by atoms with van der Waals surface area (Å²) >= 11 is 3.41. The van der Waals surface area contributed by atoms with Crippen molar-refractivity contribution in [3.8, 4) is 0 Å². The number of halogens is 1. The number of ether oxygens (including phenoxy) is 1. The van der Waals surface area contributed by atoms with Crippen LogP contribution < -0.4 is 5.32 Å². The maximum absolute atomic E-state index is 11.6. The van der Waals surface area contributed by atoms with E-state index in [2.05, 4.69) is 31.3 Å². The van der Waals surface area contributed by atoms with Crippen molar-refractivity contribution in [1.29, 1.82) is 0 Å². The van der Waals surface area contributed by atoms with Gasteiger partial charge in [0.1, 0.15) is 11.4 Å². The van der Waals surface area contributed by atoms with Crippen LogP contribution in [0.5, 0.6) is 0 Å². The van der Waals surface area contributed by atoms with E-state index in [1.54, 1.807) is 10.7 Å². The summed E-state index contributed by atoms with van der Waals surface area (Å²) in [5.41, 5.74) is 0.367. The molecule has 22 heavy (non-hydrogen) atoms. The third kappa shape index (κ3) is 4.98. The van der Waals surface area contributed by atoms with Gasteiger partial charge in [0, 0.05) is 19.2 Å². The van der Waals surface area contributed by atoms with Gasteiger partial charge in [0.05, 0.1) is 10.7 Å². The van der Waals surface area contributed by atoms with Gasteiger partial charge in [-0.3, -0.25) is 4.79 Å². The minimum atomic E-state index is -0.409. The molecule has 2 aromatic heterocycles. The van der Waals surface area contributed by atoms with E-state index in [1.807, 2.05) is 33.0 Å². The van der Waals surface area contributed by atoms with Crippen LogP contribution in [0, 0.1) is 0 Å². The van der Waals surface area contributed by atoms with E-state index in [0.717, 1.165) is 35.3 Å². The first kappa shape index (κ1) is 16.7.